The first-order valence-corrected chi connectivity index (χ1v) is 10.9. The van der Waals surface area contributed by atoms with E-state index in [4.69, 9.17) is 16.6 Å². The van der Waals surface area contributed by atoms with E-state index in [1.807, 2.05) is 24.3 Å². The molecular weight excluding hydrogens is 382 g/mol. The molecule has 0 aliphatic carbocycles. The van der Waals surface area contributed by atoms with Crippen LogP contribution in [0.3, 0.4) is 0 Å². The number of halogens is 1. The average molecular weight is 410 g/mol. The molecule has 1 N–H and O–H groups in total. The van der Waals surface area contributed by atoms with Gasteiger partial charge in [0.05, 0.1) is 0 Å². The van der Waals surface area contributed by atoms with Crippen molar-refractivity contribution in [3.05, 3.63) is 64.7 Å². The minimum absolute atomic E-state index is 0.0203. The van der Waals surface area contributed by atoms with Gasteiger partial charge in [0.25, 0.3) is 5.91 Å². The number of aliphatic imine (C=N–C) groups is 1. The highest BCUT2D eigenvalue weighted by atomic mass is 35.5. The third-order valence-corrected chi connectivity index (χ3v) is 6.25. The maximum atomic E-state index is 13.3. The van der Waals surface area contributed by atoms with E-state index >= 15 is 0 Å². The van der Waals surface area contributed by atoms with Crippen LogP contribution < -0.4 is 5.32 Å². The predicted molar refractivity (Wildman–Crippen MR) is 120 cm³/mol. The van der Waals surface area contributed by atoms with Crippen LogP contribution in [-0.2, 0) is 11.3 Å². The van der Waals surface area contributed by atoms with Crippen LogP contribution in [0.15, 0.2) is 53.5 Å². The molecule has 5 heteroatoms. The van der Waals surface area contributed by atoms with Gasteiger partial charge in [0, 0.05) is 41.6 Å². The van der Waals surface area contributed by atoms with Crippen LogP contribution in [0.2, 0.25) is 5.02 Å². The van der Waals surface area contributed by atoms with E-state index in [0.29, 0.717) is 5.02 Å². The summed E-state index contributed by atoms with van der Waals surface area (Å²) in [6.07, 6.45) is 4.49. The summed E-state index contributed by atoms with van der Waals surface area (Å²) in [6, 6.07) is 16.2. The minimum Gasteiger partial charge on any atom is -0.323 e. The molecule has 1 spiro atoms. The number of nitrogens with zero attached hydrogens (tertiary/aromatic N) is 2. The SMILES string of the molecule is CCCCC1=NC2(CCN(Cc3ccccc3)CC2)C(=O)Nc2ccc(Cl)cc21. The van der Waals surface area contributed by atoms with Crippen LogP contribution in [0.1, 0.15) is 50.2 Å². The predicted octanol–water partition coefficient (Wildman–Crippen LogP) is 5.31. The number of fused-ring (bicyclic) bond motifs is 1. The number of nitrogens with one attached hydrogen (secondary N) is 1. The van der Waals surface area contributed by atoms with E-state index in [0.717, 1.165) is 68.7 Å². The molecule has 4 nitrogen and oxygen atoms in total. The zero-order valence-corrected chi connectivity index (χ0v) is 17.7. The zero-order valence-electron chi connectivity index (χ0n) is 17.0. The molecule has 0 radical (unpaired) electrons. The molecule has 2 heterocycles. The lowest BCUT2D eigenvalue weighted by molar-refractivity contribution is -0.122. The van der Waals surface area contributed by atoms with Gasteiger partial charge in [-0.1, -0.05) is 55.3 Å². The van der Waals surface area contributed by atoms with E-state index in [1.54, 1.807) is 0 Å². The van der Waals surface area contributed by atoms with Crippen molar-refractivity contribution in [2.24, 2.45) is 4.99 Å². The number of anilines is 1. The molecule has 152 valence electrons. The van der Waals surface area contributed by atoms with Crippen molar-refractivity contribution in [2.45, 2.75) is 51.1 Å². The lowest BCUT2D eigenvalue weighted by atomic mass is 9.86. The zero-order chi connectivity index (χ0) is 20.3. The largest absolute Gasteiger partial charge is 0.323 e. The molecule has 0 aromatic heterocycles. The monoisotopic (exact) mass is 409 g/mol. The Labute approximate surface area is 178 Å². The van der Waals surface area contributed by atoms with Crippen LogP contribution in [-0.4, -0.2) is 35.1 Å². The van der Waals surface area contributed by atoms with Gasteiger partial charge in [-0.3, -0.25) is 14.7 Å². The summed E-state index contributed by atoms with van der Waals surface area (Å²) in [6.45, 7) is 4.83. The Morgan fingerprint density at radius 2 is 1.90 bits per heavy atom. The number of rotatable bonds is 5. The number of carbonyl (C=O) groups excluding carboxylic acids is 1. The Balaban J connectivity index is 1.58. The van der Waals surface area contributed by atoms with Crippen LogP contribution in [0.4, 0.5) is 5.69 Å². The first-order chi connectivity index (χ1) is 14.1. The normalized spacial score (nSPS) is 18.7. The van der Waals surface area contributed by atoms with E-state index in [2.05, 4.69) is 41.4 Å². The summed E-state index contributed by atoms with van der Waals surface area (Å²) in [4.78, 5) is 20.8. The molecule has 4 rings (SSSR count). The third kappa shape index (κ3) is 4.39. The average Bonchev–Trinajstić information content (AvgIpc) is 2.84. The number of hydrogen-bond donors (Lipinski definition) is 1. The molecule has 0 saturated carbocycles. The number of likely N-dealkylation sites (tertiary alicyclic amines) is 1. The fraction of sp³-hybridized carbons (Fsp3) is 0.417. The highest BCUT2D eigenvalue weighted by molar-refractivity contribution is 6.31. The molecule has 0 bridgehead atoms. The van der Waals surface area contributed by atoms with Crippen molar-refractivity contribution >= 4 is 28.9 Å². The van der Waals surface area contributed by atoms with Crippen molar-refractivity contribution in [3.8, 4) is 0 Å². The third-order valence-electron chi connectivity index (χ3n) is 6.01. The summed E-state index contributed by atoms with van der Waals surface area (Å²) in [5.41, 5.74) is 3.45. The Morgan fingerprint density at radius 3 is 2.62 bits per heavy atom. The maximum Gasteiger partial charge on any atom is 0.252 e. The molecule has 29 heavy (non-hydrogen) atoms. The smallest absolute Gasteiger partial charge is 0.252 e. The van der Waals surface area contributed by atoms with Gasteiger partial charge in [-0.15, -0.1) is 0 Å². The lowest BCUT2D eigenvalue weighted by Gasteiger charge is -2.37. The Kier molecular flexibility index (Phi) is 6.02. The van der Waals surface area contributed by atoms with Gasteiger partial charge in [-0.25, -0.2) is 0 Å². The number of benzene rings is 2. The fourth-order valence-corrected chi connectivity index (χ4v) is 4.44. The van der Waals surface area contributed by atoms with Crippen molar-refractivity contribution in [3.63, 3.8) is 0 Å². The fourth-order valence-electron chi connectivity index (χ4n) is 4.27. The number of hydrogen-bond acceptors (Lipinski definition) is 3. The number of amides is 1. The molecule has 0 unspecified atom stereocenters. The Morgan fingerprint density at radius 1 is 1.14 bits per heavy atom. The quantitative estimate of drug-likeness (QED) is 0.727. The van der Waals surface area contributed by atoms with E-state index in [9.17, 15) is 4.79 Å². The molecule has 2 aromatic rings. The molecular formula is C24H28ClN3O. The van der Waals surface area contributed by atoms with Crippen molar-refractivity contribution < 1.29 is 4.79 Å². The van der Waals surface area contributed by atoms with Gasteiger partial charge >= 0.3 is 0 Å². The van der Waals surface area contributed by atoms with Gasteiger partial charge in [0.15, 0.2) is 0 Å². The summed E-state index contributed by atoms with van der Waals surface area (Å²) in [5.74, 6) is 0.0203. The van der Waals surface area contributed by atoms with Gasteiger partial charge in [-0.2, -0.15) is 0 Å². The number of unbranched alkanes of at least 4 members (excludes halogenated alkanes) is 1. The van der Waals surface area contributed by atoms with Gasteiger partial charge in [0.2, 0.25) is 0 Å². The molecule has 2 aliphatic rings. The molecule has 2 aliphatic heterocycles. The Bertz CT molecular complexity index is 902. The van der Waals surface area contributed by atoms with E-state index in [1.165, 1.54) is 5.56 Å². The van der Waals surface area contributed by atoms with Crippen LogP contribution in [0, 0.1) is 0 Å². The number of piperidine rings is 1. The first-order valence-electron chi connectivity index (χ1n) is 10.6. The first kappa shape index (κ1) is 20.1. The summed E-state index contributed by atoms with van der Waals surface area (Å²) in [5, 5.41) is 3.83. The second-order valence-electron chi connectivity index (χ2n) is 8.10. The van der Waals surface area contributed by atoms with Gasteiger partial charge in [0.1, 0.15) is 5.54 Å². The second-order valence-corrected chi connectivity index (χ2v) is 8.54. The summed E-state index contributed by atoms with van der Waals surface area (Å²) < 4.78 is 0. The van der Waals surface area contributed by atoms with Crippen molar-refractivity contribution in [1.29, 1.82) is 0 Å². The van der Waals surface area contributed by atoms with Gasteiger partial charge in [-0.05, 0) is 49.4 Å². The molecule has 0 atom stereocenters. The molecule has 1 fully saturated rings. The highest BCUT2D eigenvalue weighted by Gasteiger charge is 2.43. The second kappa shape index (κ2) is 8.68. The van der Waals surface area contributed by atoms with Crippen LogP contribution >= 0.6 is 11.6 Å². The summed E-state index contributed by atoms with van der Waals surface area (Å²) in [7, 11) is 0. The van der Waals surface area contributed by atoms with Crippen LogP contribution in [0.5, 0.6) is 0 Å². The van der Waals surface area contributed by atoms with Crippen LogP contribution in [0.25, 0.3) is 0 Å². The molecule has 1 amide bonds. The van der Waals surface area contributed by atoms with E-state index < -0.39 is 5.54 Å². The van der Waals surface area contributed by atoms with Gasteiger partial charge < -0.3 is 5.32 Å². The molecule has 2 aromatic carbocycles. The standard InChI is InChI=1S/C24H28ClN3O/c1-2-3-9-22-20-16-19(25)10-11-21(20)26-23(29)24(27-22)12-14-28(15-13-24)17-18-7-5-4-6-8-18/h4-8,10-11,16H,2-3,9,12-15,17H2,1H3,(H,26,29). The van der Waals surface area contributed by atoms with Crippen molar-refractivity contribution in [1.82, 2.24) is 4.90 Å². The topological polar surface area (TPSA) is 44.7 Å². The minimum atomic E-state index is -0.679. The lowest BCUT2D eigenvalue weighted by Crippen LogP contribution is -2.50. The Hall–Kier alpha value is -2.17. The summed E-state index contributed by atoms with van der Waals surface area (Å²) >= 11 is 6.26. The van der Waals surface area contributed by atoms with E-state index in [-0.39, 0.29) is 5.91 Å². The maximum absolute atomic E-state index is 13.3. The van der Waals surface area contributed by atoms with Crippen molar-refractivity contribution in [2.75, 3.05) is 18.4 Å². The number of carbonyl (C=O) groups is 1. The highest BCUT2D eigenvalue weighted by Crippen LogP contribution is 2.35. The molecule has 1 saturated heterocycles.